The molecular formula is C17H21NO3. The van der Waals surface area contributed by atoms with Gasteiger partial charge in [-0.1, -0.05) is 0 Å². The topological polar surface area (TPSA) is 38.8 Å². The van der Waals surface area contributed by atoms with Crippen molar-refractivity contribution in [1.29, 1.82) is 0 Å². The first-order chi connectivity index (χ1) is 10.3. The molecule has 21 heavy (non-hydrogen) atoms. The molecule has 4 aliphatic heterocycles. The lowest BCUT2D eigenvalue weighted by Gasteiger charge is -2.44. The Morgan fingerprint density at radius 1 is 1.14 bits per heavy atom. The van der Waals surface area contributed by atoms with Gasteiger partial charge in [-0.2, -0.15) is 0 Å². The zero-order valence-corrected chi connectivity index (χ0v) is 12.2. The standard InChI is InChI=1S/C17H21NO3/c19-15(9-14-11-18-5-3-12(14)4-6-18)13-1-2-16-17(10-13)21-8-7-20-16/h1-2,10,12,14H,3-9,11H2/t14-/m0/s1. The molecule has 4 aliphatic rings. The van der Waals surface area contributed by atoms with E-state index >= 15 is 0 Å². The minimum Gasteiger partial charge on any atom is -0.486 e. The Hall–Kier alpha value is -1.55. The van der Waals surface area contributed by atoms with Gasteiger partial charge in [-0.25, -0.2) is 0 Å². The molecule has 4 heteroatoms. The summed E-state index contributed by atoms with van der Waals surface area (Å²) in [5, 5.41) is 0. The van der Waals surface area contributed by atoms with Gasteiger partial charge in [0.25, 0.3) is 0 Å². The molecule has 0 unspecified atom stereocenters. The molecule has 1 aromatic rings. The summed E-state index contributed by atoms with van der Waals surface area (Å²) < 4.78 is 11.1. The monoisotopic (exact) mass is 287 g/mol. The van der Waals surface area contributed by atoms with Gasteiger partial charge in [0.2, 0.25) is 0 Å². The van der Waals surface area contributed by atoms with E-state index in [2.05, 4.69) is 4.90 Å². The number of benzene rings is 1. The molecule has 0 amide bonds. The van der Waals surface area contributed by atoms with Crippen LogP contribution in [0.25, 0.3) is 0 Å². The highest BCUT2D eigenvalue weighted by Crippen LogP contribution is 2.36. The molecule has 1 atom stereocenters. The number of nitrogens with zero attached hydrogens (tertiary/aromatic N) is 1. The Balaban J connectivity index is 1.47. The Morgan fingerprint density at radius 2 is 1.90 bits per heavy atom. The van der Waals surface area contributed by atoms with Crippen LogP contribution in [0.4, 0.5) is 0 Å². The maximum Gasteiger partial charge on any atom is 0.163 e. The molecule has 5 rings (SSSR count). The maximum absolute atomic E-state index is 12.6. The van der Waals surface area contributed by atoms with Crippen molar-refractivity contribution in [3.63, 3.8) is 0 Å². The van der Waals surface area contributed by atoms with E-state index < -0.39 is 0 Å². The Morgan fingerprint density at radius 3 is 2.62 bits per heavy atom. The van der Waals surface area contributed by atoms with E-state index in [1.54, 1.807) is 0 Å². The smallest absolute Gasteiger partial charge is 0.163 e. The van der Waals surface area contributed by atoms with Crippen LogP contribution < -0.4 is 9.47 Å². The second-order valence-electron chi connectivity index (χ2n) is 6.38. The average Bonchev–Trinajstić information content (AvgIpc) is 2.55. The molecule has 0 saturated carbocycles. The number of piperidine rings is 3. The fraction of sp³-hybridized carbons (Fsp3) is 0.588. The van der Waals surface area contributed by atoms with Gasteiger partial charge in [-0.3, -0.25) is 4.79 Å². The lowest BCUT2D eigenvalue weighted by molar-refractivity contribution is 0.0440. The van der Waals surface area contributed by atoms with E-state index in [1.165, 1.54) is 25.9 Å². The maximum atomic E-state index is 12.6. The van der Waals surface area contributed by atoms with Gasteiger partial charge in [-0.15, -0.1) is 0 Å². The van der Waals surface area contributed by atoms with E-state index in [4.69, 9.17) is 9.47 Å². The van der Waals surface area contributed by atoms with Gasteiger partial charge in [0, 0.05) is 18.5 Å². The molecule has 0 aromatic heterocycles. The van der Waals surface area contributed by atoms with Crippen LogP contribution in [0.1, 0.15) is 29.6 Å². The van der Waals surface area contributed by atoms with Crippen LogP contribution in [0.15, 0.2) is 18.2 Å². The summed E-state index contributed by atoms with van der Waals surface area (Å²) in [5.74, 6) is 2.98. The van der Waals surface area contributed by atoms with Crippen LogP contribution in [0, 0.1) is 11.8 Å². The number of ketones is 1. The van der Waals surface area contributed by atoms with Crippen LogP contribution in [-0.2, 0) is 0 Å². The fourth-order valence-electron chi connectivity index (χ4n) is 3.89. The van der Waals surface area contributed by atoms with Crippen LogP contribution in [0.5, 0.6) is 11.5 Å². The molecule has 0 spiro atoms. The van der Waals surface area contributed by atoms with Crippen molar-refractivity contribution in [2.24, 2.45) is 11.8 Å². The van der Waals surface area contributed by atoms with Crippen LogP contribution in [0.3, 0.4) is 0 Å². The largest absolute Gasteiger partial charge is 0.486 e. The summed E-state index contributed by atoms with van der Waals surface area (Å²) in [6, 6.07) is 5.58. The molecule has 3 saturated heterocycles. The third-order valence-corrected chi connectivity index (χ3v) is 5.10. The molecular weight excluding hydrogens is 266 g/mol. The summed E-state index contributed by atoms with van der Waals surface area (Å²) in [7, 11) is 0. The van der Waals surface area contributed by atoms with Gasteiger partial charge in [0.05, 0.1) is 0 Å². The van der Waals surface area contributed by atoms with Crippen LogP contribution in [-0.4, -0.2) is 43.5 Å². The highest BCUT2D eigenvalue weighted by molar-refractivity contribution is 5.96. The quantitative estimate of drug-likeness (QED) is 0.800. The van der Waals surface area contributed by atoms with Gasteiger partial charge >= 0.3 is 0 Å². The summed E-state index contributed by atoms with van der Waals surface area (Å²) in [5.41, 5.74) is 0.760. The van der Waals surface area contributed by atoms with Crippen LogP contribution in [0.2, 0.25) is 0 Å². The lowest BCUT2D eigenvalue weighted by Crippen LogP contribution is -2.47. The number of fused-ring (bicyclic) bond motifs is 4. The Labute approximate surface area is 125 Å². The number of ether oxygens (including phenoxy) is 2. The van der Waals surface area contributed by atoms with Crippen molar-refractivity contribution in [3.8, 4) is 11.5 Å². The van der Waals surface area contributed by atoms with Crippen molar-refractivity contribution in [2.75, 3.05) is 32.8 Å². The minimum absolute atomic E-state index is 0.241. The normalized spacial score (nSPS) is 30.2. The molecule has 4 nitrogen and oxygen atoms in total. The molecule has 2 bridgehead atoms. The second-order valence-corrected chi connectivity index (χ2v) is 6.38. The molecule has 1 aromatic carbocycles. The Bertz CT molecular complexity index is 549. The van der Waals surface area contributed by atoms with Crippen molar-refractivity contribution in [2.45, 2.75) is 19.3 Å². The minimum atomic E-state index is 0.241. The molecule has 0 aliphatic carbocycles. The summed E-state index contributed by atoms with van der Waals surface area (Å²) in [6.45, 7) is 4.68. The lowest BCUT2D eigenvalue weighted by atomic mass is 9.76. The number of Topliss-reactive ketones (excluding diaryl/α,β-unsaturated/α-hetero) is 1. The highest BCUT2D eigenvalue weighted by Gasteiger charge is 2.35. The second kappa shape index (κ2) is 5.34. The number of hydrogen-bond acceptors (Lipinski definition) is 4. The summed E-state index contributed by atoms with van der Waals surface area (Å²) in [6.07, 6.45) is 3.19. The van der Waals surface area contributed by atoms with Crippen molar-refractivity contribution >= 4 is 5.78 Å². The predicted octanol–water partition coefficient (Wildman–Crippen LogP) is 2.37. The highest BCUT2D eigenvalue weighted by atomic mass is 16.6. The molecule has 3 fully saturated rings. The average molecular weight is 287 g/mol. The fourth-order valence-corrected chi connectivity index (χ4v) is 3.89. The van der Waals surface area contributed by atoms with Gasteiger partial charge < -0.3 is 14.4 Å². The van der Waals surface area contributed by atoms with Crippen molar-refractivity contribution < 1.29 is 14.3 Å². The van der Waals surface area contributed by atoms with Gasteiger partial charge in [-0.05, 0) is 56.0 Å². The van der Waals surface area contributed by atoms with Gasteiger partial charge in [0.15, 0.2) is 17.3 Å². The molecule has 112 valence electrons. The molecule has 4 heterocycles. The molecule has 0 N–H and O–H groups in total. The van der Waals surface area contributed by atoms with Gasteiger partial charge in [0.1, 0.15) is 13.2 Å². The summed E-state index contributed by atoms with van der Waals surface area (Å²) >= 11 is 0. The van der Waals surface area contributed by atoms with E-state index in [0.29, 0.717) is 31.3 Å². The zero-order valence-electron chi connectivity index (χ0n) is 12.2. The number of rotatable bonds is 3. The van der Waals surface area contributed by atoms with E-state index in [-0.39, 0.29) is 5.78 Å². The third kappa shape index (κ3) is 2.53. The Kier molecular flexibility index (Phi) is 3.34. The van der Waals surface area contributed by atoms with E-state index in [9.17, 15) is 4.79 Å². The number of carbonyl (C=O) groups excluding carboxylic acids is 1. The predicted molar refractivity (Wildman–Crippen MR) is 79.0 cm³/mol. The van der Waals surface area contributed by atoms with Crippen LogP contribution >= 0.6 is 0 Å². The SMILES string of the molecule is O=C(C[C@H]1CN2CCC1CC2)c1ccc2c(c1)OCCO2. The number of hydrogen-bond donors (Lipinski definition) is 0. The number of carbonyl (C=O) groups is 1. The van der Waals surface area contributed by atoms with E-state index in [1.807, 2.05) is 18.2 Å². The zero-order chi connectivity index (χ0) is 14.2. The first-order valence-electron chi connectivity index (χ1n) is 7.95. The first kappa shape index (κ1) is 13.1. The third-order valence-electron chi connectivity index (χ3n) is 5.10. The first-order valence-corrected chi connectivity index (χ1v) is 7.95. The van der Waals surface area contributed by atoms with Crippen molar-refractivity contribution in [3.05, 3.63) is 23.8 Å². The summed E-state index contributed by atoms with van der Waals surface area (Å²) in [4.78, 5) is 15.1. The van der Waals surface area contributed by atoms with E-state index in [0.717, 1.165) is 23.8 Å². The van der Waals surface area contributed by atoms with Crippen molar-refractivity contribution in [1.82, 2.24) is 4.90 Å². The molecule has 0 radical (unpaired) electrons.